The maximum absolute atomic E-state index is 13.6. The molecule has 5 nitrogen and oxygen atoms in total. The van der Waals surface area contributed by atoms with Crippen LogP contribution in [0.2, 0.25) is 0 Å². The monoisotopic (exact) mass is 468 g/mol. The van der Waals surface area contributed by atoms with Crippen molar-refractivity contribution in [1.82, 2.24) is 9.80 Å². The van der Waals surface area contributed by atoms with E-state index in [9.17, 15) is 9.59 Å². The van der Waals surface area contributed by atoms with E-state index in [4.69, 9.17) is 4.74 Å². The van der Waals surface area contributed by atoms with Crippen molar-refractivity contribution in [1.29, 1.82) is 0 Å². The van der Waals surface area contributed by atoms with Gasteiger partial charge in [0, 0.05) is 37.7 Å². The molecule has 0 aromatic heterocycles. The maximum Gasteiger partial charge on any atom is 0.254 e. The van der Waals surface area contributed by atoms with Crippen LogP contribution in [0.4, 0.5) is 0 Å². The summed E-state index contributed by atoms with van der Waals surface area (Å²) in [6.07, 6.45) is 3.02. The van der Waals surface area contributed by atoms with E-state index in [1.165, 1.54) is 0 Å². The summed E-state index contributed by atoms with van der Waals surface area (Å²) < 4.78 is 5.25. The molecule has 5 rings (SSSR count). The molecule has 2 fully saturated rings. The highest BCUT2D eigenvalue weighted by Gasteiger charge is 2.37. The first-order chi connectivity index (χ1) is 17.1. The Balaban J connectivity index is 1.30. The van der Waals surface area contributed by atoms with E-state index in [2.05, 4.69) is 12.1 Å². The fourth-order valence-electron chi connectivity index (χ4n) is 4.88. The molecule has 35 heavy (non-hydrogen) atoms. The first-order valence-corrected chi connectivity index (χ1v) is 12.5. The molecular formula is C30H32N2O3. The first kappa shape index (κ1) is 23.2. The predicted octanol–water partition coefficient (Wildman–Crippen LogP) is 5.26. The van der Waals surface area contributed by atoms with E-state index in [0.29, 0.717) is 30.5 Å². The number of carbonyl (C=O) groups is 2. The molecule has 0 unspecified atom stereocenters. The molecule has 2 aliphatic rings. The molecule has 0 spiro atoms. The Labute approximate surface area is 207 Å². The average Bonchev–Trinajstić information content (AvgIpc) is 3.66. The average molecular weight is 469 g/mol. The summed E-state index contributed by atoms with van der Waals surface area (Å²) in [5.41, 5.74) is 3.93. The van der Waals surface area contributed by atoms with Crippen LogP contribution in [0.3, 0.4) is 0 Å². The lowest BCUT2D eigenvalue weighted by Gasteiger charge is -2.26. The van der Waals surface area contributed by atoms with Crippen LogP contribution in [0.25, 0.3) is 11.1 Å². The van der Waals surface area contributed by atoms with Crippen LogP contribution in [0, 0.1) is 11.8 Å². The molecule has 3 aromatic carbocycles. The minimum absolute atomic E-state index is 0.0297. The number of benzene rings is 3. The number of hydrogen-bond donors (Lipinski definition) is 0. The quantitative estimate of drug-likeness (QED) is 0.453. The van der Waals surface area contributed by atoms with Gasteiger partial charge in [-0.25, -0.2) is 0 Å². The summed E-state index contributed by atoms with van der Waals surface area (Å²) in [5, 5.41) is 0. The lowest BCUT2D eigenvalue weighted by Crippen LogP contribution is -2.37. The molecule has 3 aromatic rings. The number of nitrogens with zero attached hydrogens (tertiary/aromatic N) is 2. The highest BCUT2D eigenvalue weighted by molar-refractivity contribution is 5.94. The number of rotatable bonds is 8. The molecule has 0 bridgehead atoms. The molecule has 2 amide bonds. The molecule has 1 heterocycles. The van der Waals surface area contributed by atoms with Gasteiger partial charge in [0.2, 0.25) is 5.91 Å². The number of carbonyl (C=O) groups excluding carboxylic acids is 2. The molecular weight excluding hydrogens is 436 g/mol. The van der Waals surface area contributed by atoms with Gasteiger partial charge in [-0.1, -0.05) is 54.6 Å². The molecule has 1 saturated carbocycles. The minimum atomic E-state index is 0.0297. The fourth-order valence-corrected chi connectivity index (χ4v) is 4.88. The molecule has 180 valence electrons. The summed E-state index contributed by atoms with van der Waals surface area (Å²) in [5.74, 6) is 1.72. The van der Waals surface area contributed by atoms with Crippen LogP contribution in [0.15, 0.2) is 78.9 Å². The zero-order chi connectivity index (χ0) is 24.2. The Kier molecular flexibility index (Phi) is 6.84. The Morgan fingerprint density at radius 1 is 0.886 bits per heavy atom. The summed E-state index contributed by atoms with van der Waals surface area (Å²) in [6.45, 7) is 2.78. The van der Waals surface area contributed by atoms with Gasteiger partial charge >= 0.3 is 0 Å². The van der Waals surface area contributed by atoms with E-state index < -0.39 is 0 Å². The van der Waals surface area contributed by atoms with Crippen molar-refractivity contribution >= 4 is 11.8 Å². The number of likely N-dealkylation sites (tertiary alicyclic amines) is 1. The van der Waals surface area contributed by atoms with Gasteiger partial charge in [0.25, 0.3) is 5.91 Å². The Bertz CT molecular complexity index is 1150. The van der Waals surface area contributed by atoms with Crippen molar-refractivity contribution in [3.8, 4) is 16.9 Å². The van der Waals surface area contributed by atoms with Crippen molar-refractivity contribution in [2.75, 3.05) is 26.7 Å². The predicted molar refractivity (Wildman–Crippen MR) is 137 cm³/mol. The highest BCUT2D eigenvalue weighted by Crippen LogP contribution is 2.33. The van der Waals surface area contributed by atoms with E-state index in [-0.39, 0.29) is 11.8 Å². The summed E-state index contributed by atoms with van der Waals surface area (Å²) in [6, 6.07) is 25.9. The standard InChI is InChI=1S/C30H32N2O3/c1-35-28-15-13-25(14-16-28)24-7-9-27(10-8-24)30(34)32(19-22-5-3-2-4-6-22)21-23-17-18-31(20-23)29(33)26-11-12-26/h2-10,13-16,23,26H,11-12,17-21H2,1H3/t23-/m1/s1. The normalized spacial score (nSPS) is 17.3. The summed E-state index contributed by atoms with van der Waals surface area (Å²) in [4.78, 5) is 30.1. The topological polar surface area (TPSA) is 49.9 Å². The van der Waals surface area contributed by atoms with Crippen LogP contribution in [0.5, 0.6) is 5.75 Å². The Morgan fingerprint density at radius 3 is 2.17 bits per heavy atom. The number of amides is 2. The van der Waals surface area contributed by atoms with Gasteiger partial charge in [-0.2, -0.15) is 0 Å². The molecule has 0 radical (unpaired) electrons. The largest absolute Gasteiger partial charge is 0.497 e. The van der Waals surface area contributed by atoms with Gasteiger partial charge in [0.05, 0.1) is 7.11 Å². The molecule has 1 aliphatic heterocycles. The van der Waals surface area contributed by atoms with Crippen molar-refractivity contribution in [2.24, 2.45) is 11.8 Å². The van der Waals surface area contributed by atoms with E-state index in [0.717, 1.165) is 54.8 Å². The van der Waals surface area contributed by atoms with Crippen molar-refractivity contribution in [3.05, 3.63) is 90.0 Å². The highest BCUT2D eigenvalue weighted by atomic mass is 16.5. The van der Waals surface area contributed by atoms with Crippen LogP contribution >= 0.6 is 0 Å². The van der Waals surface area contributed by atoms with Gasteiger partial charge in [-0.15, -0.1) is 0 Å². The van der Waals surface area contributed by atoms with E-state index >= 15 is 0 Å². The zero-order valence-electron chi connectivity index (χ0n) is 20.2. The summed E-state index contributed by atoms with van der Waals surface area (Å²) >= 11 is 0. The van der Waals surface area contributed by atoms with Crippen molar-refractivity contribution in [2.45, 2.75) is 25.8 Å². The molecule has 1 aliphatic carbocycles. The van der Waals surface area contributed by atoms with Gasteiger partial charge in [0.1, 0.15) is 5.75 Å². The molecule has 1 saturated heterocycles. The lowest BCUT2D eigenvalue weighted by molar-refractivity contribution is -0.131. The van der Waals surface area contributed by atoms with Gasteiger partial charge in [0.15, 0.2) is 0 Å². The number of ether oxygens (including phenoxy) is 1. The second kappa shape index (κ2) is 10.3. The Hall–Kier alpha value is -3.60. The SMILES string of the molecule is COc1ccc(-c2ccc(C(=O)N(Cc3ccccc3)C[C@@H]3CCN(C(=O)C4CC4)C3)cc2)cc1. The Morgan fingerprint density at radius 2 is 1.54 bits per heavy atom. The molecule has 1 atom stereocenters. The van der Waals surface area contributed by atoms with E-state index in [1.807, 2.05) is 76.5 Å². The van der Waals surface area contributed by atoms with E-state index in [1.54, 1.807) is 7.11 Å². The zero-order valence-corrected chi connectivity index (χ0v) is 20.2. The first-order valence-electron chi connectivity index (χ1n) is 12.5. The second-order valence-corrected chi connectivity index (χ2v) is 9.69. The molecule has 5 heteroatoms. The second-order valence-electron chi connectivity index (χ2n) is 9.69. The van der Waals surface area contributed by atoms with Crippen molar-refractivity contribution < 1.29 is 14.3 Å². The van der Waals surface area contributed by atoms with Crippen LogP contribution < -0.4 is 4.74 Å². The molecule has 0 N–H and O–H groups in total. The smallest absolute Gasteiger partial charge is 0.254 e. The number of methoxy groups -OCH3 is 1. The third-order valence-corrected chi connectivity index (χ3v) is 7.06. The van der Waals surface area contributed by atoms with Crippen LogP contribution in [-0.4, -0.2) is 48.4 Å². The summed E-state index contributed by atoms with van der Waals surface area (Å²) in [7, 11) is 1.66. The lowest BCUT2D eigenvalue weighted by atomic mass is 10.0. The van der Waals surface area contributed by atoms with Gasteiger partial charge in [-0.05, 0) is 66.1 Å². The van der Waals surface area contributed by atoms with Crippen molar-refractivity contribution in [3.63, 3.8) is 0 Å². The minimum Gasteiger partial charge on any atom is -0.497 e. The van der Waals surface area contributed by atoms with Gasteiger partial charge in [-0.3, -0.25) is 9.59 Å². The van der Waals surface area contributed by atoms with Crippen LogP contribution in [0.1, 0.15) is 35.2 Å². The fraction of sp³-hybridized carbons (Fsp3) is 0.333. The van der Waals surface area contributed by atoms with Crippen LogP contribution in [-0.2, 0) is 11.3 Å². The van der Waals surface area contributed by atoms with Gasteiger partial charge < -0.3 is 14.5 Å². The third kappa shape index (κ3) is 5.56. The maximum atomic E-state index is 13.6. The third-order valence-electron chi connectivity index (χ3n) is 7.06. The number of hydrogen-bond acceptors (Lipinski definition) is 3.